The van der Waals surface area contributed by atoms with Gasteiger partial charge in [-0.2, -0.15) is 0 Å². The summed E-state index contributed by atoms with van der Waals surface area (Å²) in [6.07, 6.45) is 6.01. The topological polar surface area (TPSA) is 64.4 Å². The van der Waals surface area contributed by atoms with Gasteiger partial charge in [0.1, 0.15) is 5.82 Å². The lowest BCUT2D eigenvalue weighted by Gasteiger charge is -2.37. The van der Waals surface area contributed by atoms with E-state index in [4.69, 9.17) is 4.74 Å². The fraction of sp³-hybridized carbons (Fsp3) is 0.688. The van der Waals surface area contributed by atoms with Crippen LogP contribution in [0.3, 0.4) is 0 Å². The van der Waals surface area contributed by atoms with E-state index in [0.717, 1.165) is 51.1 Å². The minimum Gasteiger partial charge on any atom is -0.464 e. The highest BCUT2D eigenvalue weighted by atomic mass is 16.5. The molecule has 6 nitrogen and oxygen atoms in total. The molecule has 0 aliphatic carbocycles. The van der Waals surface area contributed by atoms with E-state index in [2.05, 4.69) is 9.55 Å². The van der Waals surface area contributed by atoms with Crippen LogP contribution in [0.2, 0.25) is 0 Å². The van der Waals surface area contributed by atoms with Gasteiger partial charge in [-0.15, -0.1) is 0 Å². The number of esters is 1. The molecular formula is C16H23N3O3. The molecule has 6 heteroatoms. The Balaban J connectivity index is 1.64. The average molecular weight is 305 g/mol. The van der Waals surface area contributed by atoms with E-state index in [1.807, 2.05) is 11.1 Å². The SMILES string of the molecule is COC(=O)c1cn2c(n1)CC[C@@H](C1CCN(C(C)=O)CC1)C2. The van der Waals surface area contributed by atoms with Gasteiger partial charge in [0.2, 0.25) is 5.91 Å². The third kappa shape index (κ3) is 2.87. The van der Waals surface area contributed by atoms with Crippen LogP contribution in [0, 0.1) is 11.8 Å². The normalized spacial score (nSPS) is 22.3. The number of carbonyl (C=O) groups excluding carboxylic acids is 2. The zero-order chi connectivity index (χ0) is 15.7. The second-order valence-corrected chi connectivity index (χ2v) is 6.33. The van der Waals surface area contributed by atoms with Crippen molar-refractivity contribution in [2.45, 2.75) is 39.2 Å². The van der Waals surface area contributed by atoms with E-state index >= 15 is 0 Å². The largest absolute Gasteiger partial charge is 0.464 e. The predicted octanol–water partition coefficient (Wildman–Crippen LogP) is 1.49. The Morgan fingerprint density at radius 2 is 1.95 bits per heavy atom. The third-order valence-electron chi connectivity index (χ3n) is 5.08. The Kier molecular flexibility index (Phi) is 4.18. The lowest BCUT2D eigenvalue weighted by molar-refractivity contribution is -0.130. The van der Waals surface area contributed by atoms with Crippen molar-refractivity contribution in [1.29, 1.82) is 0 Å². The van der Waals surface area contributed by atoms with E-state index in [-0.39, 0.29) is 11.9 Å². The van der Waals surface area contributed by atoms with Crippen molar-refractivity contribution in [3.63, 3.8) is 0 Å². The minimum absolute atomic E-state index is 0.182. The molecule has 1 fully saturated rings. The first-order chi connectivity index (χ1) is 10.6. The molecule has 1 aromatic heterocycles. The number of carbonyl (C=O) groups is 2. The van der Waals surface area contributed by atoms with Gasteiger partial charge >= 0.3 is 5.97 Å². The summed E-state index contributed by atoms with van der Waals surface area (Å²) in [5.74, 6) is 2.07. The van der Waals surface area contributed by atoms with E-state index < -0.39 is 0 Å². The Labute approximate surface area is 130 Å². The molecule has 0 unspecified atom stereocenters. The van der Waals surface area contributed by atoms with Gasteiger partial charge in [-0.1, -0.05) is 0 Å². The molecule has 0 N–H and O–H groups in total. The molecule has 0 saturated carbocycles. The van der Waals surface area contributed by atoms with Crippen LogP contribution in [0.4, 0.5) is 0 Å². The number of methoxy groups -OCH3 is 1. The first-order valence-electron chi connectivity index (χ1n) is 7.98. The van der Waals surface area contributed by atoms with Crippen molar-refractivity contribution in [2.24, 2.45) is 11.8 Å². The fourth-order valence-corrected chi connectivity index (χ4v) is 3.74. The van der Waals surface area contributed by atoms with E-state index in [1.165, 1.54) is 7.11 Å². The van der Waals surface area contributed by atoms with E-state index in [9.17, 15) is 9.59 Å². The number of imidazole rings is 1. The van der Waals surface area contributed by atoms with Crippen LogP contribution in [-0.2, 0) is 22.5 Å². The highest BCUT2D eigenvalue weighted by Gasteiger charge is 2.31. The van der Waals surface area contributed by atoms with Gasteiger partial charge in [-0.05, 0) is 31.1 Å². The first-order valence-corrected chi connectivity index (χ1v) is 7.98. The van der Waals surface area contributed by atoms with Crippen molar-refractivity contribution < 1.29 is 14.3 Å². The lowest BCUT2D eigenvalue weighted by Crippen LogP contribution is -2.40. The van der Waals surface area contributed by atoms with Crippen molar-refractivity contribution >= 4 is 11.9 Å². The molecule has 1 atom stereocenters. The number of hydrogen-bond donors (Lipinski definition) is 0. The van der Waals surface area contributed by atoms with Crippen LogP contribution in [0.1, 0.15) is 42.5 Å². The van der Waals surface area contributed by atoms with Crippen LogP contribution in [0.15, 0.2) is 6.20 Å². The highest BCUT2D eigenvalue weighted by Crippen LogP contribution is 2.32. The number of hydrogen-bond acceptors (Lipinski definition) is 4. The van der Waals surface area contributed by atoms with Gasteiger partial charge in [0.05, 0.1) is 7.11 Å². The number of nitrogens with zero attached hydrogens (tertiary/aromatic N) is 3. The monoisotopic (exact) mass is 305 g/mol. The van der Waals surface area contributed by atoms with Crippen LogP contribution < -0.4 is 0 Å². The predicted molar refractivity (Wildman–Crippen MR) is 80.4 cm³/mol. The molecule has 3 rings (SSSR count). The molecule has 120 valence electrons. The minimum atomic E-state index is -0.367. The maximum atomic E-state index is 11.6. The summed E-state index contributed by atoms with van der Waals surface area (Å²) in [7, 11) is 1.38. The molecule has 0 aromatic carbocycles. The summed E-state index contributed by atoms with van der Waals surface area (Å²) < 4.78 is 6.85. The number of amides is 1. The summed E-state index contributed by atoms with van der Waals surface area (Å²) in [5, 5.41) is 0. The molecule has 1 aromatic rings. The number of likely N-dealkylation sites (tertiary alicyclic amines) is 1. The van der Waals surface area contributed by atoms with Crippen LogP contribution in [0.5, 0.6) is 0 Å². The second kappa shape index (κ2) is 6.10. The lowest BCUT2D eigenvalue weighted by atomic mass is 9.80. The van der Waals surface area contributed by atoms with Gasteiger partial charge in [0.15, 0.2) is 5.69 Å². The molecular weight excluding hydrogens is 282 g/mol. The molecule has 2 aliphatic heterocycles. The van der Waals surface area contributed by atoms with Crippen molar-refractivity contribution in [1.82, 2.24) is 14.5 Å². The number of piperidine rings is 1. The number of ether oxygens (including phenoxy) is 1. The zero-order valence-corrected chi connectivity index (χ0v) is 13.2. The summed E-state index contributed by atoms with van der Waals surface area (Å²) in [4.78, 5) is 29.3. The number of rotatable bonds is 2. The van der Waals surface area contributed by atoms with Gasteiger partial charge in [0.25, 0.3) is 0 Å². The van der Waals surface area contributed by atoms with E-state index in [0.29, 0.717) is 17.5 Å². The van der Waals surface area contributed by atoms with Crippen LogP contribution >= 0.6 is 0 Å². The molecule has 0 spiro atoms. The standard InChI is InChI=1S/C16H23N3O3/c1-11(20)18-7-5-12(6-8-18)13-3-4-15-17-14(16(21)22-2)10-19(15)9-13/h10,12-13H,3-9H2,1-2H3/t13-/m1/s1. The highest BCUT2D eigenvalue weighted by molar-refractivity contribution is 5.86. The summed E-state index contributed by atoms with van der Waals surface area (Å²) >= 11 is 0. The van der Waals surface area contributed by atoms with Crippen molar-refractivity contribution in [3.05, 3.63) is 17.7 Å². The smallest absolute Gasteiger partial charge is 0.358 e. The van der Waals surface area contributed by atoms with Crippen LogP contribution in [-0.4, -0.2) is 46.5 Å². The maximum Gasteiger partial charge on any atom is 0.358 e. The molecule has 3 heterocycles. The molecule has 2 aliphatic rings. The third-order valence-corrected chi connectivity index (χ3v) is 5.08. The summed E-state index contributed by atoms with van der Waals surface area (Å²) in [6.45, 7) is 4.32. The number of aryl methyl sites for hydroxylation is 1. The quantitative estimate of drug-likeness (QED) is 0.777. The van der Waals surface area contributed by atoms with Crippen molar-refractivity contribution in [2.75, 3.05) is 20.2 Å². The van der Waals surface area contributed by atoms with Crippen LogP contribution in [0.25, 0.3) is 0 Å². The molecule has 1 amide bonds. The fourth-order valence-electron chi connectivity index (χ4n) is 3.74. The van der Waals surface area contributed by atoms with Gasteiger partial charge in [-0.25, -0.2) is 9.78 Å². The van der Waals surface area contributed by atoms with Gasteiger partial charge in [-0.3, -0.25) is 4.79 Å². The van der Waals surface area contributed by atoms with Gasteiger partial charge < -0.3 is 14.2 Å². The Bertz CT molecular complexity index is 573. The number of aromatic nitrogens is 2. The Morgan fingerprint density at radius 1 is 1.23 bits per heavy atom. The number of fused-ring (bicyclic) bond motifs is 1. The molecule has 0 bridgehead atoms. The average Bonchev–Trinajstić information content (AvgIpc) is 2.97. The maximum absolute atomic E-state index is 11.6. The zero-order valence-electron chi connectivity index (χ0n) is 13.2. The molecule has 22 heavy (non-hydrogen) atoms. The summed E-state index contributed by atoms with van der Waals surface area (Å²) in [5.41, 5.74) is 0.407. The first kappa shape index (κ1) is 15.1. The Morgan fingerprint density at radius 3 is 2.59 bits per heavy atom. The van der Waals surface area contributed by atoms with Gasteiger partial charge in [0, 0.05) is 39.2 Å². The summed E-state index contributed by atoms with van der Waals surface area (Å²) in [6, 6.07) is 0. The molecule has 0 radical (unpaired) electrons. The second-order valence-electron chi connectivity index (χ2n) is 6.33. The van der Waals surface area contributed by atoms with Crippen molar-refractivity contribution in [3.8, 4) is 0 Å². The Hall–Kier alpha value is -1.85. The van der Waals surface area contributed by atoms with E-state index in [1.54, 1.807) is 6.92 Å². The molecule has 1 saturated heterocycles.